The van der Waals surface area contributed by atoms with Crippen molar-refractivity contribution in [3.8, 4) is 11.5 Å². The number of ether oxygens (including phenoxy) is 1. The normalized spacial score (nSPS) is 30.7. The molecular formula is C28H18Cl2F5N3O7. The SMILES string of the molecule is COc1cccc(C2C3=CCC4C(=O)N(C(N)=O)C(=O)C4C3CC3(Cl)C(=O)N(c4c(F)c(F)c(F)c(F)c4F)C(=O)C23Cl)c1O. The Hall–Kier alpha value is -4.24. The Bertz CT molecular complexity index is 1800. The number of carbonyl (C=O) groups excluding carboxylic acids is 5. The van der Waals surface area contributed by atoms with E-state index >= 15 is 8.78 Å². The van der Waals surface area contributed by atoms with Gasteiger partial charge in [0.2, 0.25) is 17.6 Å². The van der Waals surface area contributed by atoms with Gasteiger partial charge >= 0.3 is 6.03 Å². The van der Waals surface area contributed by atoms with E-state index in [4.69, 9.17) is 33.7 Å². The van der Waals surface area contributed by atoms with E-state index in [1.165, 1.54) is 31.4 Å². The number of halogens is 7. The van der Waals surface area contributed by atoms with Crippen LogP contribution in [0.1, 0.15) is 24.3 Å². The Balaban J connectivity index is 1.63. The third-order valence-electron chi connectivity index (χ3n) is 9.00. The smallest absolute Gasteiger partial charge is 0.328 e. The molecule has 10 nitrogen and oxygen atoms in total. The Labute approximate surface area is 259 Å². The molecule has 0 spiro atoms. The summed E-state index contributed by atoms with van der Waals surface area (Å²) in [6.45, 7) is 0. The quantitative estimate of drug-likeness (QED) is 0.126. The van der Waals surface area contributed by atoms with E-state index in [-0.39, 0.29) is 33.1 Å². The fraction of sp³-hybridized carbons (Fsp3) is 0.321. The number of urea groups is 1. The molecule has 1 saturated carbocycles. The average Bonchev–Trinajstić information content (AvgIpc) is 3.34. The summed E-state index contributed by atoms with van der Waals surface area (Å²) < 4.78 is 77.7. The zero-order valence-electron chi connectivity index (χ0n) is 22.5. The molecule has 0 radical (unpaired) electrons. The maximum Gasteiger partial charge on any atom is 0.328 e. The van der Waals surface area contributed by atoms with Crippen LogP contribution in [0.3, 0.4) is 0 Å². The fourth-order valence-electron chi connectivity index (χ4n) is 7.07. The molecule has 4 aliphatic rings. The molecule has 6 atom stereocenters. The van der Waals surface area contributed by atoms with Gasteiger partial charge in [0.1, 0.15) is 5.69 Å². The molecule has 45 heavy (non-hydrogen) atoms. The zero-order chi connectivity index (χ0) is 33.1. The van der Waals surface area contributed by atoms with Crippen LogP contribution < -0.4 is 15.4 Å². The number of primary amides is 1. The van der Waals surface area contributed by atoms with Crippen molar-refractivity contribution in [1.82, 2.24) is 4.90 Å². The van der Waals surface area contributed by atoms with Gasteiger partial charge in [0.05, 0.1) is 18.9 Å². The summed E-state index contributed by atoms with van der Waals surface area (Å²) in [6.07, 6.45) is 0.400. The van der Waals surface area contributed by atoms with Gasteiger partial charge in [0.25, 0.3) is 11.8 Å². The number of hydrogen-bond acceptors (Lipinski definition) is 7. The minimum absolute atomic E-state index is 0.0685. The number of rotatable bonds is 3. The molecule has 3 fully saturated rings. The van der Waals surface area contributed by atoms with Crippen molar-refractivity contribution < 1.29 is 55.8 Å². The van der Waals surface area contributed by atoms with Gasteiger partial charge < -0.3 is 15.6 Å². The topological polar surface area (TPSA) is 147 Å². The van der Waals surface area contributed by atoms with Gasteiger partial charge in [-0.15, -0.1) is 23.2 Å². The number of benzene rings is 2. The third kappa shape index (κ3) is 3.64. The fourth-order valence-corrected chi connectivity index (χ4v) is 7.99. The van der Waals surface area contributed by atoms with Crippen LogP contribution in [-0.2, 0) is 19.2 Å². The van der Waals surface area contributed by atoms with Gasteiger partial charge in [-0.05, 0) is 24.8 Å². The lowest BCUT2D eigenvalue weighted by molar-refractivity contribution is -0.136. The largest absolute Gasteiger partial charge is 0.504 e. The van der Waals surface area contributed by atoms with Gasteiger partial charge in [-0.25, -0.2) is 31.6 Å². The molecule has 2 aliphatic heterocycles. The van der Waals surface area contributed by atoms with E-state index < -0.39 is 110 Å². The second kappa shape index (κ2) is 9.88. The number of allylic oxidation sites excluding steroid dienone is 2. The summed E-state index contributed by atoms with van der Waals surface area (Å²) in [5.74, 6) is -24.3. The monoisotopic (exact) mass is 673 g/mol. The number of carbonyl (C=O) groups is 5. The summed E-state index contributed by atoms with van der Waals surface area (Å²) >= 11 is 13.9. The summed E-state index contributed by atoms with van der Waals surface area (Å²) in [4.78, 5) is 60.9. The van der Waals surface area contributed by atoms with E-state index in [0.717, 1.165) is 0 Å². The number of alkyl halides is 2. The first kappa shape index (κ1) is 30.8. The van der Waals surface area contributed by atoms with Crippen molar-refractivity contribution >= 4 is 58.5 Å². The van der Waals surface area contributed by atoms with Crippen LogP contribution in [0.2, 0.25) is 0 Å². The molecule has 0 bridgehead atoms. The van der Waals surface area contributed by atoms with Crippen molar-refractivity contribution in [3.05, 3.63) is 64.5 Å². The van der Waals surface area contributed by atoms with Crippen molar-refractivity contribution in [2.24, 2.45) is 23.5 Å². The molecule has 6 unspecified atom stereocenters. The van der Waals surface area contributed by atoms with Crippen LogP contribution in [0.5, 0.6) is 11.5 Å². The lowest BCUT2D eigenvalue weighted by Crippen LogP contribution is -2.60. The Morgan fingerprint density at radius 3 is 2.13 bits per heavy atom. The number of phenols is 1. The van der Waals surface area contributed by atoms with Gasteiger partial charge in [-0.3, -0.25) is 19.2 Å². The molecule has 2 aromatic carbocycles. The lowest BCUT2D eigenvalue weighted by atomic mass is 9.56. The molecule has 6 amide bonds. The van der Waals surface area contributed by atoms with Gasteiger partial charge in [-0.2, -0.15) is 4.90 Å². The summed E-state index contributed by atoms with van der Waals surface area (Å²) in [7, 11) is 1.19. The number of hydrogen-bond donors (Lipinski definition) is 2. The molecule has 236 valence electrons. The van der Waals surface area contributed by atoms with E-state index in [9.17, 15) is 42.3 Å². The number of likely N-dealkylation sites (tertiary alicyclic amines) is 1. The van der Waals surface area contributed by atoms with Crippen LogP contribution in [0.15, 0.2) is 29.8 Å². The lowest BCUT2D eigenvalue weighted by Gasteiger charge is -2.50. The number of nitrogens with zero attached hydrogens (tertiary/aromatic N) is 2. The van der Waals surface area contributed by atoms with Crippen molar-refractivity contribution in [2.45, 2.75) is 28.5 Å². The highest BCUT2D eigenvalue weighted by atomic mass is 35.5. The number of nitrogens with two attached hydrogens (primary N) is 1. The van der Waals surface area contributed by atoms with Gasteiger partial charge in [0, 0.05) is 11.5 Å². The number of phenolic OH excluding ortho intramolecular Hbond substituents is 1. The first-order valence-electron chi connectivity index (χ1n) is 13.1. The number of methoxy groups -OCH3 is 1. The van der Waals surface area contributed by atoms with Gasteiger partial charge in [0.15, 0.2) is 44.5 Å². The summed E-state index contributed by atoms with van der Waals surface area (Å²) in [5, 5.41) is 11.2. The number of anilines is 1. The number of amides is 6. The second-order valence-corrected chi connectivity index (χ2v) is 12.2. The molecule has 6 rings (SSSR count). The molecule has 17 heteroatoms. The molecule has 2 aliphatic carbocycles. The first-order valence-corrected chi connectivity index (χ1v) is 13.8. The minimum Gasteiger partial charge on any atom is -0.504 e. The number of fused-ring (bicyclic) bond motifs is 4. The molecule has 0 aromatic heterocycles. The number of para-hydroxylation sites is 1. The maximum absolute atomic E-state index is 15.0. The van der Waals surface area contributed by atoms with E-state index in [1.807, 2.05) is 0 Å². The second-order valence-electron chi connectivity index (χ2n) is 10.9. The van der Waals surface area contributed by atoms with Crippen LogP contribution in [0.25, 0.3) is 0 Å². The highest BCUT2D eigenvalue weighted by molar-refractivity contribution is 6.58. The molecule has 2 aromatic rings. The maximum atomic E-state index is 15.0. The van der Waals surface area contributed by atoms with Crippen molar-refractivity contribution in [2.75, 3.05) is 12.0 Å². The predicted octanol–water partition coefficient (Wildman–Crippen LogP) is 3.74. The predicted molar refractivity (Wildman–Crippen MR) is 143 cm³/mol. The standard InChI is InChI=1S/C28H18Cl2F5N3O7/c1-45-12-4-2-3-10(21(12)39)14-8-5-6-9-13(23(41)38(22(9)40)26(36)44)11(8)7-27(29)24(42)37(25(43)28(14,27)30)20-18(34)16(32)15(31)17(33)19(20)35/h2-5,9,11,13-14,39H,6-7H2,1H3,(H2,36,44). The Kier molecular flexibility index (Phi) is 6.76. The summed E-state index contributed by atoms with van der Waals surface area (Å²) in [5.41, 5.74) is 3.16. The zero-order valence-corrected chi connectivity index (χ0v) is 24.1. The van der Waals surface area contributed by atoms with E-state index in [1.54, 1.807) is 0 Å². The van der Waals surface area contributed by atoms with Crippen LogP contribution in [-0.4, -0.2) is 56.5 Å². The molecule has 2 heterocycles. The third-order valence-corrected chi connectivity index (χ3v) is 10.4. The van der Waals surface area contributed by atoms with Crippen LogP contribution >= 0.6 is 23.2 Å². The number of imide groups is 4. The molecular weight excluding hydrogens is 656 g/mol. The highest BCUT2D eigenvalue weighted by Crippen LogP contribution is 2.67. The van der Waals surface area contributed by atoms with E-state index in [0.29, 0.717) is 0 Å². The Morgan fingerprint density at radius 1 is 0.956 bits per heavy atom. The highest BCUT2D eigenvalue weighted by Gasteiger charge is 2.77. The molecule has 2 saturated heterocycles. The molecule has 3 N–H and O–H groups in total. The van der Waals surface area contributed by atoms with Crippen LogP contribution in [0.4, 0.5) is 32.4 Å². The van der Waals surface area contributed by atoms with Crippen molar-refractivity contribution in [1.29, 1.82) is 0 Å². The van der Waals surface area contributed by atoms with E-state index in [2.05, 4.69) is 0 Å². The average molecular weight is 674 g/mol. The van der Waals surface area contributed by atoms with Crippen LogP contribution in [0, 0.1) is 46.8 Å². The Morgan fingerprint density at radius 2 is 1.56 bits per heavy atom. The van der Waals surface area contributed by atoms with Crippen molar-refractivity contribution in [3.63, 3.8) is 0 Å². The minimum atomic E-state index is -2.83. The number of aromatic hydroxyl groups is 1. The summed E-state index contributed by atoms with van der Waals surface area (Å²) in [6, 6.07) is 2.53. The van der Waals surface area contributed by atoms with Gasteiger partial charge in [-0.1, -0.05) is 23.8 Å². The first-order chi connectivity index (χ1) is 21.1.